The molecule has 1 aliphatic rings. The average Bonchev–Trinajstić information content (AvgIpc) is 2.39. The van der Waals surface area contributed by atoms with Crippen LogP contribution in [0, 0.1) is 0 Å². The minimum atomic E-state index is -4.29. The van der Waals surface area contributed by atoms with Crippen LogP contribution in [0.1, 0.15) is 24.0 Å². The molecule has 1 aromatic carbocycles. The summed E-state index contributed by atoms with van der Waals surface area (Å²) in [7, 11) is 1.61. The van der Waals surface area contributed by atoms with Crippen LogP contribution in [0.3, 0.4) is 0 Å². The Morgan fingerprint density at radius 1 is 1.16 bits per heavy atom. The number of rotatable bonds is 3. The maximum Gasteiger partial charge on any atom is 0.416 e. The van der Waals surface area contributed by atoms with Gasteiger partial charge in [0.25, 0.3) is 0 Å². The predicted molar refractivity (Wildman–Crippen MR) is 65.1 cm³/mol. The summed E-state index contributed by atoms with van der Waals surface area (Å²) in [5, 5.41) is 0. The van der Waals surface area contributed by atoms with Crippen LogP contribution in [-0.2, 0) is 21.1 Å². The highest BCUT2D eigenvalue weighted by molar-refractivity contribution is 5.31. The van der Waals surface area contributed by atoms with Gasteiger partial charge in [-0.2, -0.15) is 13.2 Å². The molecule has 1 saturated heterocycles. The monoisotopic (exact) mass is 274 g/mol. The molecule has 0 atom stereocenters. The number of ether oxygens (including phenoxy) is 2. The minimum Gasteiger partial charge on any atom is -0.384 e. The number of benzene rings is 1. The highest BCUT2D eigenvalue weighted by atomic mass is 19.4. The van der Waals surface area contributed by atoms with Gasteiger partial charge in [-0.05, 0) is 30.5 Å². The maximum atomic E-state index is 12.6. The largest absolute Gasteiger partial charge is 0.416 e. The van der Waals surface area contributed by atoms with E-state index in [-0.39, 0.29) is 5.41 Å². The van der Waals surface area contributed by atoms with Crippen molar-refractivity contribution < 1.29 is 22.6 Å². The van der Waals surface area contributed by atoms with Gasteiger partial charge in [0.1, 0.15) is 0 Å². The molecule has 0 spiro atoms. The SMILES string of the molecule is COCC1(c2ccc(C(F)(F)F)cc2)CCOCC1. The van der Waals surface area contributed by atoms with E-state index in [4.69, 9.17) is 9.47 Å². The van der Waals surface area contributed by atoms with Gasteiger partial charge < -0.3 is 9.47 Å². The quantitative estimate of drug-likeness (QED) is 0.841. The molecule has 1 heterocycles. The van der Waals surface area contributed by atoms with Crippen LogP contribution in [0.5, 0.6) is 0 Å². The summed E-state index contributed by atoms with van der Waals surface area (Å²) in [5.41, 5.74) is 0.0541. The Hall–Kier alpha value is -1.07. The second-order valence-electron chi connectivity index (χ2n) is 4.90. The molecule has 2 rings (SSSR count). The van der Waals surface area contributed by atoms with Crippen molar-refractivity contribution in [1.29, 1.82) is 0 Å². The van der Waals surface area contributed by atoms with E-state index in [1.807, 2.05) is 0 Å². The van der Waals surface area contributed by atoms with Gasteiger partial charge in [-0.1, -0.05) is 12.1 Å². The molecule has 0 saturated carbocycles. The van der Waals surface area contributed by atoms with Crippen molar-refractivity contribution in [2.45, 2.75) is 24.4 Å². The van der Waals surface area contributed by atoms with Gasteiger partial charge in [-0.25, -0.2) is 0 Å². The molecule has 19 heavy (non-hydrogen) atoms. The van der Waals surface area contributed by atoms with Crippen molar-refractivity contribution in [3.8, 4) is 0 Å². The molecular formula is C14H17F3O2. The Labute approximate surface area is 110 Å². The Kier molecular flexibility index (Phi) is 4.16. The molecular weight excluding hydrogens is 257 g/mol. The lowest BCUT2D eigenvalue weighted by Gasteiger charge is -2.37. The fourth-order valence-electron chi connectivity index (χ4n) is 2.57. The first kappa shape index (κ1) is 14.3. The fraction of sp³-hybridized carbons (Fsp3) is 0.571. The summed E-state index contributed by atoms with van der Waals surface area (Å²) in [6.45, 7) is 1.73. The van der Waals surface area contributed by atoms with Crippen LogP contribution in [0.25, 0.3) is 0 Å². The smallest absolute Gasteiger partial charge is 0.384 e. The maximum absolute atomic E-state index is 12.6. The van der Waals surface area contributed by atoms with E-state index in [0.717, 1.165) is 30.5 Å². The Bertz CT molecular complexity index is 400. The van der Waals surface area contributed by atoms with Crippen molar-refractivity contribution in [2.75, 3.05) is 26.9 Å². The van der Waals surface area contributed by atoms with Crippen molar-refractivity contribution in [2.24, 2.45) is 0 Å². The normalized spacial score (nSPS) is 19.4. The van der Waals surface area contributed by atoms with Gasteiger partial charge in [0.2, 0.25) is 0 Å². The molecule has 1 aromatic rings. The molecule has 5 heteroatoms. The third-order valence-electron chi connectivity index (χ3n) is 3.70. The van der Waals surface area contributed by atoms with Crippen LogP contribution >= 0.6 is 0 Å². The number of halogens is 3. The van der Waals surface area contributed by atoms with E-state index in [0.29, 0.717) is 19.8 Å². The lowest BCUT2D eigenvalue weighted by Crippen LogP contribution is -2.38. The summed E-state index contributed by atoms with van der Waals surface area (Å²) < 4.78 is 48.3. The Morgan fingerprint density at radius 3 is 2.21 bits per heavy atom. The van der Waals surface area contributed by atoms with Gasteiger partial charge in [0, 0.05) is 25.7 Å². The fourth-order valence-corrected chi connectivity index (χ4v) is 2.57. The molecule has 2 nitrogen and oxygen atoms in total. The molecule has 0 aliphatic carbocycles. The first-order chi connectivity index (χ1) is 8.98. The zero-order valence-corrected chi connectivity index (χ0v) is 10.8. The number of hydrogen-bond acceptors (Lipinski definition) is 2. The van der Waals surface area contributed by atoms with Crippen LogP contribution in [0.4, 0.5) is 13.2 Å². The summed E-state index contributed by atoms with van der Waals surface area (Å²) in [5.74, 6) is 0. The first-order valence-corrected chi connectivity index (χ1v) is 6.22. The van der Waals surface area contributed by atoms with E-state index in [9.17, 15) is 13.2 Å². The standard InChI is InChI=1S/C14H17F3O2/c1-18-10-13(6-8-19-9-7-13)11-2-4-12(5-3-11)14(15,16)17/h2-5H,6-10H2,1H3. The molecule has 0 N–H and O–H groups in total. The van der Waals surface area contributed by atoms with Crippen molar-refractivity contribution in [1.82, 2.24) is 0 Å². The molecule has 0 unspecified atom stereocenters. The van der Waals surface area contributed by atoms with Crippen LogP contribution in [0.15, 0.2) is 24.3 Å². The Balaban J connectivity index is 2.27. The van der Waals surface area contributed by atoms with E-state index >= 15 is 0 Å². The topological polar surface area (TPSA) is 18.5 Å². The zero-order valence-electron chi connectivity index (χ0n) is 10.8. The number of alkyl halides is 3. The molecule has 0 amide bonds. The lowest BCUT2D eigenvalue weighted by molar-refractivity contribution is -0.137. The molecule has 106 valence electrons. The highest BCUT2D eigenvalue weighted by Crippen LogP contribution is 2.37. The summed E-state index contributed by atoms with van der Waals surface area (Å²) in [6, 6.07) is 5.41. The van der Waals surface area contributed by atoms with Gasteiger partial charge in [-0.15, -0.1) is 0 Å². The van der Waals surface area contributed by atoms with Gasteiger partial charge in [-0.3, -0.25) is 0 Å². The average molecular weight is 274 g/mol. The minimum absolute atomic E-state index is 0.225. The zero-order chi connectivity index (χ0) is 13.9. The molecule has 1 aliphatic heterocycles. The van der Waals surface area contributed by atoms with Crippen LogP contribution in [-0.4, -0.2) is 26.9 Å². The lowest BCUT2D eigenvalue weighted by atomic mass is 9.74. The predicted octanol–water partition coefficient (Wildman–Crippen LogP) is 3.40. The number of methoxy groups -OCH3 is 1. The molecule has 0 radical (unpaired) electrons. The highest BCUT2D eigenvalue weighted by Gasteiger charge is 2.36. The summed E-state index contributed by atoms with van der Waals surface area (Å²) in [6.07, 6.45) is -2.75. The van der Waals surface area contributed by atoms with Crippen LogP contribution < -0.4 is 0 Å². The third kappa shape index (κ3) is 3.09. The van der Waals surface area contributed by atoms with Crippen molar-refractivity contribution in [3.63, 3.8) is 0 Å². The van der Waals surface area contributed by atoms with Gasteiger partial charge in [0.15, 0.2) is 0 Å². The summed E-state index contributed by atoms with van der Waals surface area (Å²) in [4.78, 5) is 0. The second-order valence-corrected chi connectivity index (χ2v) is 4.90. The van der Waals surface area contributed by atoms with Gasteiger partial charge in [0.05, 0.1) is 12.2 Å². The van der Waals surface area contributed by atoms with Crippen molar-refractivity contribution >= 4 is 0 Å². The molecule has 1 fully saturated rings. The molecule has 0 bridgehead atoms. The first-order valence-electron chi connectivity index (χ1n) is 6.22. The second kappa shape index (κ2) is 5.51. The van der Waals surface area contributed by atoms with E-state index in [2.05, 4.69) is 0 Å². The Morgan fingerprint density at radius 2 is 1.74 bits per heavy atom. The summed E-state index contributed by atoms with van der Waals surface area (Å²) >= 11 is 0. The van der Waals surface area contributed by atoms with Gasteiger partial charge >= 0.3 is 6.18 Å². The van der Waals surface area contributed by atoms with Crippen molar-refractivity contribution in [3.05, 3.63) is 35.4 Å². The third-order valence-corrected chi connectivity index (χ3v) is 3.70. The number of hydrogen-bond donors (Lipinski definition) is 0. The van der Waals surface area contributed by atoms with E-state index in [1.165, 1.54) is 0 Å². The molecule has 0 aromatic heterocycles. The van der Waals surface area contributed by atoms with Crippen LogP contribution in [0.2, 0.25) is 0 Å². The van der Waals surface area contributed by atoms with E-state index in [1.54, 1.807) is 19.2 Å². The van der Waals surface area contributed by atoms with E-state index < -0.39 is 11.7 Å².